The molecule has 1 N–H and O–H groups in total. The highest BCUT2D eigenvalue weighted by Crippen LogP contribution is 2.49. The van der Waals surface area contributed by atoms with E-state index in [1.54, 1.807) is 12.1 Å². The summed E-state index contributed by atoms with van der Waals surface area (Å²) in [6.07, 6.45) is -2.71. The van der Waals surface area contributed by atoms with Gasteiger partial charge in [0, 0.05) is 44.2 Å². The Hall–Kier alpha value is -2.38. The highest BCUT2D eigenvalue weighted by atomic mass is 19.4. The van der Waals surface area contributed by atoms with Crippen molar-refractivity contribution < 1.29 is 22.7 Å². The van der Waals surface area contributed by atoms with Crippen molar-refractivity contribution in [2.24, 2.45) is 5.92 Å². The number of hydrogen-bond donors (Lipinski definition) is 1. The average Bonchev–Trinajstić information content (AvgIpc) is 3.58. The summed E-state index contributed by atoms with van der Waals surface area (Å²) >= 11 is 0. The number of Topliss-reactive ketones (excluding diaryl/α,β-unsaturated/α-hetero) is 1. The Kier molecular flexibility index (Phi) is 6.62. The number of halogens is 3. The first-order valence-electron chi connectivity index (χ1n) is 10.8. The zero-order valence-electron chi connectivity index (χ0n) is 17.3. The molecule has 0 aromatic heterocycles. The van der Waals surface area contributed by atoms with Crippen LogP contribution in [0.25, 0.3) is 0 Å². The summed E-state index contributed by atoms with van der Waals surface area (Å²) in [7, 11) is 0. The van der Waals surface area contributed by atoms with Crippen LogP contribution in [0.4, 0.5) is 13.2 Å². The lowest BCUT2D eigenvalue weighted by Crippen LogP contribution is -2.43. The molecule has 1 saturated heterocycles. The number of carbonyl (C=O) groups excluding carboxylic acids is 1. The molecule has 1 saturated carbocycles. The molecular formula is C24H27F3N2O2. The van der Waals surface area contributed by atoms with Crippen molar-refractivity contribution in [1.82, 2.24) is 10.2 Å². The second kappa shape index (κ2) is 9.40. The third-order valence-electron chi connectivity index (χ3n) is 6.03. The second-order valence-corrected chi connectivity index (χ2v) is 8.25. The van der Waals surface area contributed by atoms with E-state index in [4.69, 9.17) is 4.74 Å². The van der Waals surface area contributed by atoms with E-state index in [1.165, 1.54) is 12.1 Å². The Labute approximate surface area is 180 Å². The zero-order chi connectivity index (χ0) is 21.8. The van der Waals surface area contributed by atoms with Gasteiger partial charge >= 0.3 is 6.18 Å². The normalized spacial score (nSPS) is 21.6. The molecule has 1 heterocycles. The van der Waals surface area contributed by atoms with Gasteiger partial charge in [-0.2, -0.15) is 13.2 Å². The van der Waals surface area contributed by atoms with Crippen molar-refractivity contribution in [3.63, 3.8) is 0 Å². The lowest BCUT2D eigenvalue weighted by atomic mass is 10.0. The summed E-state index contributed by atoms with van der Waals surface area (Å²) in [4.78, 5) is 15.2. The number of ether oxygens (including phenoxy) is 1. The lowest BCUT2D eigenvalue weighted by molar-refractivity contribution is -0.137. The van der Waals surface area contributed by atoms with Crippen LogP contribution < -0.4 is 10.1 Å². The molecule has 2 unspecified atom stereocenters. The third kappa shape index (κ3) is 5.66. The molecule has 0 amide bonds. The molecule has 0 bridgehead atoms. The molecule has 0 radical (unpaired) electrons. The Balaban J connectivity index is 1.24. The molecule has 1 aliphatic carbocycles. The number of alkyl halides is 3. The highest BCUT2D eigenvalue weighted by molar-refractivity contribution is 6.00. The molecule has 166 valence electrons. The van der Waals surface area contributed by atoms with Gasteiger partial charge in [0.05, 0.1) is 12.2 Å². The number of nitrogens with one attached hydrogen (secondary N) is 1. The van der Waals surface area contributed by atoms with Gasteiger partial charge in [-0.3, -0.25) is 4.79 Å². The largest absolute Gasteiger partial charge is 0.494 e. The van der Waals surface area contributed by atoms with Crippen LogP contribution in [0.5, 0.6) is 5.75 Å². The van der Waals surface area contributed by atoms with Gasteiger partial charge in [-0.25, -0.2) is 0 Å². The fraction of sp³-hybridized carbons (Fsp3) is 0.458. The van der Waals surface area contributed by atoms with Crippen LogP contribution in [0.2, 0.25) is 0 Å². The van der Waals surface area contributed by atoms with Gasteiger partial charge in [0.25, 0.3) is 0 Å². The minimum atomic E-state index is -4.34. The van der Waals surface area contributed by atoms with Crippen molar-refractivity contribution in [2.45, 2.75) is 24.9 Å². The van der Waals surface area contributed by atoms with E-state index in [1.807, 2.05) is 12.1 Å². The maximum atomic E-state index is 12.7. The number of carbonyl (C=O) groups is 1. The first-order valence-corrected chi connectivity index (χ1v) is 10.8. The van der Waals surface area contributed by atoms with E-state index in [0.717, 1.165) is 62.6 Å². The molecule has 2 aliphatic rings. The van der Waals surface area contributed by atoms with E-state index >= 15 is 0 Å². The summed E-state index contributed by atoms with van der Waals surface area (Å²) in [5.41, 5.74) is 0.742. The molecule has 7 heteroatoms. The maximum absolute atomic E-state index is 12.7. The fourth-order valence-corrected chi connectivity index (χ4v) is 4.11. The van der Waals surface area contributed by atoms with Crippen LogP contribution >= 0.6 is 0 Å². The van der Waals surface area contributed by atoms with Crippen LogP contribution in [0.1, 0.15) is 40.2 Å². The van der Waals surface area contributed by atoms with Crippen LogP contribution in [-0.2, 0) is 6.18 Å². The van der Waals surface area contributed by atoms with Crippen LogP contribution in [-0.4, -0.2) is 50.0 Å². The van der Waals surface area contributed by atoms with E-state index in [-0.39, 0.29) is 17.6 Å². The van der Waals surface area contributed by atoms with Gasteiger partial charge in [-0.05, 0) is 60.7 Å². The summed E-state index contributed by atoms with van der Waals surface area (Å²) in [6, 6.07) is 12.3. The topological polar surface area (TPSA) is 41.6 Å². The number of benzene rings is 2. The minimum absolute atomic E-state index is 0.00398. The number of nitrogens with zero attached hydrogens (tertiary/aromatic N) is 1. The smallest absolute Gasteiger partial charge is 0.416 e. The van der Waals surface area contributed by atoms with E-state index in [0.29, 0.717) is 18.6 Å². The minimum Gasteiger partial charge on any atom is -0.494 e. The molecule has 2 aromatic rings. The first kappa shape index (κ1) is 21.8. The van der Waals surface area contributed by atoms with E-state index in [2.05, 4.69) is 10.2 Å². The number of piperazine rings is 1. The first-order chi connectivity index (χ1) is 14.9. The highest BCUT2D eigenvalue weighted by Gasteiger charge is 2.44. The summed E-state index contributed by atoms with van der Waals surface area (Å²) in [5.74, 6) is 0.611. The Bertz CT molecular complexity index is 875. The monoisotopic (exact) mass is 432 g/mol. The lowest BCUT2D eigenvalue weighted by Gasteiger charge is -2.26. The summed E-state index contributed by atoms with van der Waals surface area (Å²) in [5, 5.41) is 3.34. The van der Waals surface area contributed by atoms with Gasteiger partial charge in [-0.15, -0.1) is 0 Å². The van der Waals surface area contributed by atoms with Crippen molar-refractivity contribution in [3.05, 3.63) is 65.2 Å². The molecular weight excluding hydrogens is 405 g/mol. The maximum Gasteiger partial charge on any atom is 0.416 e. The molecule has 4 rings (SSSR count). The van der Waals surface area contributed by atoms with Gasteiger partial charge in [0.1, 0.15) is 5.75 Å². The fourth-order valence-electron chi connectivity index (χ4n) is 4.11. The molecule has 2 aromatic carbocycles. The molecule has 2 fully saturated rings. The van der Waals surface area contributed by atoms with Crippen LogP contribution in [0.3, 0.4) is 0 Å². The Morgan fingerprint density at radius 1 is 1.03 bits per heavy atom. The van der Waals surface area contributed by atoms with Gasteiger partial charge in [0.15, 0.2) is 5.78 Å². The molecule has 1 aliphatic heterocycles. The molecule has 31 heavy (non-hydrogen) atoms. The quantitative estimate of drug-likeness (QED) is 0.497. The predicted octanol–water partition coefficient (Wildman–Crippen LogP) is 4.37. The molecule has 2 atom stereocenters. The Morgan fingerprint density at radius 3 is 2.35 bits per heavy atom. The van der Waals surface area contributed by atoms with Gasteiger partial charge in [-0.1, -0.05) is 12.1 Å². The zero-order valence-corrected chi connectivity index (χ0v) is 17.3. The molecule has 0 spiro atoms. The van der Waals surface area contributed by atoms with E-state index in [9.17, 15) is 18.0 Å². The number of rotatable bonds is 8. The van der Waals surface area contributed by atoms with Crippen molar-refractivity contribution in [1.29, 1.82) is 0 Å². The number of hydrogen-bond acceptors (Lipinski definition) is 4. The molecule has 4 nitrogen and oxygen atoms in total. The second-order valence-electron chi connectivity index (χ2n) is 8.25. The third-order valence-corrected chi connectivity index (χ3v) is 6.03. The van der Waals surface area contributed by atoms with Gasteiger partial charge < -0.3 is 15.0 Å². The van der Waals surface area contributed by atoms with Crippen LogP contribution in [0, 0.1) is 5.92 Å². The predicted molar refractivity (Wildman–Crippen MR) is 112 cm³/mol. The Morgan fingerprint density at radius 2 is 1.71 bits per heavy atom. The number of ketones is 1. The van der Waals surface area contributed by atoms with Crippen LogP contribution in [0.15, 0.2) is 48.5 Å². The van der Waals surface area contributed by atoms with Crippen molar-refractivity contribution in [3.8, 4) is 5.75 Å². The average molecular weight is 432 g/mol. The van der Waals surface area contributed by atoms with E-state index < -0.39 is 11.7 Å². The summed E-state index contributed by atoms with van der Waals surface area (Å²) < 4.78 is 43.9. The standard InChI is InChI=1S/C24H27F3N2O2/c25-24(26,27)19-6-2-17(3-7-19)21-16-22(21)23(30)18-4-8-20(9-5-18)31-15-1-12-29-13-10-28-11-14-29/h2-9,21-22,28H,1,10-16H2. The summed E-state index contributed by atoms with van der Waals surface area (Å²) in [6.45, 7) is 5.88. The SMILES string of the molecule is O=C(c1ccc(OCCCN2CCNCC2)cc1)C1CC1c1ccc(C(F)(F)F)cc1. The van der Waals surface area contributed by atoms with Crippen molar-refractivity contribution in [2.75, 3.05) is 39.3 Å². The van der Waals surface area contributed by atoms with Crippen molar-refractivity contribution >= 4 is 5.78 Å². The van der Waals surface area contributed by atoms with Gasteiger partial charge in [0.2, 0.25) is 0 Å².